The summed E-state index contributed by atoms with van der Waals surface area (Å²) >= 11 is 3.47. The van der Waals surface area contributed by atoms with Crippen molar-refractivity contribution in [2.75, 3.05) is 30.4 Å². The molecule has 212 valence electrons. The Morgan fingerprint density at radius 3 is 2.40 bits per heavy atom. The number of nitrogens with one attached hydrogen (secondary N) is 1. The van der Waals surface area contributed by atoms with E-state index in [-0.39, 0.29) is 31.4 Å². The zero-order chi connectivity index (χ0) is 28.7. The van der Waals surface area contributed by atoms with E-state index >= 15 is 0 Å². The molecule has 0 radical (unpaired) electrons. The zero-order valence-electron chi connectivity index (χ0n) is 22.4. The van der Waals surface area contributed by atoms with E-state index in [2.05, 4.69) is 21.2 Å². The number of hydrogen-bond donors (Lipinski definition) is 1. The highest BCUT2D eigenvalue weighted by Gasteiger charge is 2.33. The lowest BCUT2D eigenvalue weighted by atomic mass is 10.0. The van der Waals surface area contributed by atoms with Crippen LogP contribution in [0.2, 0.25) is 0 Å². The molecule has 0 aromatic heterocycles. The summed E-state index contributed by atoms with van der Waals surface area (Å²) in [7, 11) is -3.88. The maximum atomic E-state index is 14.1. The SMILES string of the molecule is CCCNC(=O)[C@H](Cc1ccccc1)N(Cc1cccc(Br)c1)C(=O)CN(c1ccc2c(c1)OCO2)S(C)(=O)=O. The number of carbonyl (C=O) groups excluding carboxylic acids is 2. The molecule has 0 spiro atoms. The number of carbonyl (C=O) groups is 2. The van der Waals surface area contributed by atoms with Crippen molar-refractivity contribution in [2.45, 2.75) is 32.4 Å². The van der Waals surface area contributed by atoms with Crippen LogP contribution >= 0.6 is 15.9 Å². The van der Waals surface area contributed by atoms with Gasteiger partial charge in [-0.05, 0) is 41.8 Å². The van der Waals surface area contributed by atoms with Gasteiger partial charge >= 0.3 is 0 Å². The maximum Gasteiger partial charge on any atom is 0.244 e. The number of amides is 2. The van der Waals surface area contributed by atoms with E-state index in [9.17, 15) is 18.0 Å². The summed E-state index contributed by atoms with van der Waals surface area (Å²) in [5.74, 6) is 0.0690. The minimum Gasteiger partial charge on any atom is -0.454 e. The molecular formula is C29H32BrN3O6S. The number of hydrogen-bond acceptors (Lipinski definition) is 6. The van der Waals surface area contributed by atoms with Gasteiger partial charge in [-0.2, -0.15) is 0 Å². The fourth-order valence-electron chi connectivity index (χ4n) is 4.41. The second-order valence-electron chi connectivity index (χ2n) is 9.46. The number of fused-ring (bicyclic) bond motifs is 1. The van der Waals surface area contributed by atoms with Gasteiger partial charge in [-0.25, -0.2) is 8.42 Å². The number of benzene rings is 3. The smallest absolute Gasteiger partial charge is 0.244 e. The first-order chi connectivity index (χ1) is 19.2. The zero-order valence-corrected chi connectivity index (χ0v) is 24.8. The van der Waals surface area contributed by atoms with E-state index in [0.29, 0.717) is 18.0 Å². The van der Waals surface area contributed by atoms with Gasteiger partial charge in [0.05, 0.1) is 11.9 Å². The van der Waals surface area contributed by atoms with Gasteiger partial charge < -0.3 is 19.7 Å². The average molecular weight is 631 g/mol. The van der Waals surface area contributed by atoms with Crippen molar-refractivity contribution < 1.29 is 27.5 Å². The third-order valence-corrected chi connectivity index (χ3v) is 8.02. The molecule has 11 heteroatoms. The quantitative estimate of drug-likeness (QED) is 0.323. The molecule has 0 fully saturated rings. The van der Waals surface area contributed by atoms with Crippen molar-refractivity contribution >= 4 is 43.5 Å². The van der Waals surface area contributed by atoms with Crippen LogP contribution in [-0.4, -0.2) is 57.3 Å². The van der Waals surface area contributed by atoms with Crippen LogP contribution in [0.4, 0.5) is 5.69 Å². The minimum atomic E-state index is -3.88. The molecule has 0 aliphatic carbocycles. The molecule has 1 aliphatic rings. The van der Waals surface area contributed by atoms with E-state index < -0.39 is 28.5 Å². The van der Waals surface area contributed by atoms with Gasteiger partial charge in [-0.15, -0.1) is 0 Å². The molecule has 40 heavy (non-hydrogen) atoms. The summed E-state index contributed by atoms with van der Waals surface area (Å²) in [5.41, 5.74) is 1.93. The molecule has 0 saturated heterocycles. The second kappa shape index (κ2) is 13.2. The molecule has 1 heterocycles. The number of halogens is 1. The highest BCUT2D eigenvalue weighted by Crippen LogP contribution is 2.36. The Bertz CT molecular complexity index is 1450. The van der Waals surface area contributed by atoms with E-state index in [1.54, 1.807) is 12.1 Å². The molecule has 0 bridgehead atoms. The number of ether oxygens (including phenoxy) is 2. The van der Waals surface area contributed by atoms with Crippen LogP contribution in [0.25, 0.3) is 0 Å². The Balaban J connectivity index is 1.72. The van der Waals surface area contributed by atoms with Gasteiger partial charge in [0, 0.05) is 30.0 Å². The van der Waals surface area contributed by atoms with Gasteiger partial charge in [-0.1, -0.05) is 65.3 Å². The van der Waals surface area contributed by atoms with Crippen molar-refractivity contribution in [3.8, 4) is 11.5 Å². The van der Waals surface area contributed by atoms with Crippen LogP contribution in [0, 0.1) is 0 Å². The van der Waals surface area contributed by atoms with Crippen molar-refractivity contribution in [1.29, 1.82) is 0 Å². The lowest BCUT2D eigenvalue weighted by Crippen LogP contribution is -2.53. The van der Waals surface area contributed by atoms with E-state index in [0.717, 1.165) is 32.6 Å². The fourth-order valence-corrected chi connectivity index (χ4v) is 5.69. The fraction of sp³-hybridized carbons (Fsp3) is 0.310. The number of nitrogens with zero attached hydrogens (tertiary/aromatic N) is 2. The molecule has 0 unspecified atom stereocenters. The minimum absolute atomic E-state index is 0.0328. The monoisotopic (exact) mass is 629 g/mol. The van der Waals surface area contributed by atoms with Gasteiger partial charge in [0.25, 0.3) is 0 Å². The average Bonchev–Trinajstić information content (AvgIpc) is 3.40. The molecule has 1 atom stereocenters. The molecule has 3 aromatic rings. The van der Waals surface area contributed by atoms with Gasteiger partial charge in [-0.3, -0.25) is 13.9 Å². The molecule has 2 amide bonds. The molecule has 0 saturated carbocycles. The van der Waals surface area contributed by atoms with Crippen molar-refractivity contribution in [2.24, 2.45) is 0 Å². The van der Waals surface area contributed by atoms with E-state index in [1.807, 2.05) is 61.5 Å². The summed E-state index contributed by atoms with van der Waals surface area (Å²) < 4.78 is 38.5. The Hall–Kier alpha value is -3.57. The Morgan fingerprint density at radius 1 is 0.975 bits per heavy atom. The van der Waals surface area contributed by atoms with Gasteiger partial charge in [0.15, 0.2) is 11.5 Å². The normalized spacial score (nSPS) is 13.0. The second-order valence-corrected chi connectivity index (χ2v) is 12.3. The lowest BCUT2D eigenvalue weighted by molar-refractivity contribution is -0.140. The first-order valence-corrected chi connectivity index (χ1v) is 15.5. The maximum absolute atomic E-state index is 14.1. The van der Waals surface area contributed by atoms with E-state index in [4.69, 9.17) is 9.47 Å². The summed E-state index contributed by atoms with van der Waals surface area (Å²) in [4.78, 5) is 29.1. The first-order valence-electron chi connectivity index (χ1n) is 12.9. The summed E-state index contributed by atoms with van der Waals surface area (Å²) in [6.07, 6.45) is 2.04. The first kappa shape index (κ1) is 29.4. The topological polar surface area (TPSA) is 105 Å². The Labute approximate surface area is 243 Å². The third kappa shape index (κ3) is 7.54. The van der Waals surface area contributed by atoms with Crippen LogP contribution in [-0.2, 0) is 32.6 Å². The van der Waals surface area contributed by atoms with Crippen LogP contribution in [0.15, 0.2) is 77.3 Å². The highest BCUT2D eigenvalue weighted by molar-refractivity contribution is 9.10. The predicted molar refractivity (Wildman–Crippen MR) is 157 cm³/mol. The molecule has 1 aliphatic heterocycles. The van der Waals surface area contributed by atoms with Crippen LogP contribution in [0.3, 0.4) is 0 Å². The van der Waals surface area contributed by atoms with Crippen LogP contribution < -0.4 is 19.1 Å². The highest BCUT2D eigenvalue weighted by atomic mass is 79.9. The van der Waals surface area contributed by atoms with Crippen molar-refractivity contribution in [3.05, 3.63) is 88.4 Å². The predicted octanol–water partition coefficient (Wildman–Crippen LogP) is 4.11. The number of anilines is 1. The molecule has 1 N–H and O–H groups in total. The number of sulfonamides is 1. The standard InChI is InChI=1S/C29H32BrN3O6S/c1-3-14-31-29(35)25(16-21-8-5-4-6-9-21)32(18-22-10-7-11-23(30)15-22)28(34)19-33(40(2,36)37)24-12-13-26-27(17-24)39-20-38-26/h4-13,15,17,25H,3,14,16,18-20H2,1-2H3,(H,31,35)/t25-/m0/s1. The lowest BCUT2D eigenvalue weighted by Gasteiger charge is -2.33. The van der Waals surface area contributed by atoms with Gasteiger partial charge in [0.2, 0.25) is 28.6 Å². The summed E-state index contributed by atoms with van der Waals surface area (Å²) in [6, 6.07) is 20.7. The van der Waals surface area contributed by atoms with Crippen molar-refractivity contribution in [1.82, 2.24) is 10.2 Å². The Kier molecular flexibility index (Phi) is 9.70. The molecular weight excluding hydrogens is 598 g/mol. The van der Waals surface area contributed by atoms with Crippen molar-refractivity contribution in [3.63, 3.8) is 0 Å². The number of rotatable bonds is 12. The molecule has 3 aromatic carbocycles. The largest absolute Gasteiger partial charge is 0.454 e. The van der Waals surface area contributed by atoms with Crippen LogP contribution in [0.5, 0.6) is 11.5 Å². The molecule has 9 nitrogen and oxygen atoms in total. The van der Waals surface area contributed by atoms with E-state index in [1.165, 1.54) is 11.0 Å². The summed E-state index contributed by atoms with van der Waals surface area (Å²) in [6.45, 7) is 2.04. The summed E-state index contributed by atoms with van der Waals surface area (Å²) in [5, 5.41) is 2.92. The Morgan fingerprint density at radius 2 is 1.70 bits per heavy atom. The van der Waals surface area contributed by atoms with Crippen LogP contribution in [0.1, 0.15) is 24.5 Å². The van der Waals surface area contributed by atoms with Gasteiger partial charge in [0.1, 0.15) is 12.6 Å². The molecule has 4 rings (SSSR count). The third-order valence-electron chi connectivity index (χ3n) is 6.39.